The first-order valence-corrected chi connectivity index (χ1v) is 8.24. The van der Waals surface area contributed by atoms with Gasteiger partial charge in [0, 0.05) is 19.6 Å². The van der Waals surface area contributed by atoms with Crippen molar-refractivity contribution in [1.82, 2.24) is 4.98 Å². The van der Waals surface area contributed by atoms with Crippen LogP contribution in [0, 0.1) is 0 Å². The largest absolute Gasteiger partial charge is 0.380 e. The summed E-state index contributed by atoms with van der Waals surface area (Å²) >= 11 is 5.18. The first kappa shape index (κ1) is 13.9. The molecule has 20 heavy (non-hydrogen) atoms. The maximum absolute atomic E-state index is 5.35. The van der Waals surface area contributed by atoms with Crippen LogP contribution in [-0.4, -0.2) is 31.3 Å². The molecule has 3 heterocycles. The van der Waals surface area contributed by atoms with Crippen LogP contribution in [0.15, 0.2) is 33.6 Å². The number of pyridine rings is 1. The van der Waals surface area contributed by atoms with Crippen molar-refractivity contribution in [3.63, 3.8) is 0 Å². The minimum atomic E-state index is 0.786. The number of nitrogens with one attached hydrogen (secondary N) is 1. The minimum Gasteiger partial charge on any atom is -0.380 e. The summed E-state index contributed by atoms with van der Waals surface area (Å²) in [6, 6.07) is 6.28. The van der Waals surface area contributed by atoms with Crippen LogP contribution in [0.2, 0.25) is 0 Å². The Bertz CT molecular complexity index is 552. The van der Waals surface area contributed by atoms with Crippen LogP contribution in [-0.2, 0) is 11.3 Å². The van der Waals surface area contributed by atoms with E-state index in [4.69, 9.17) is 4.74 Å². The Labute approximate surface area is 130 Å². The van der Waals surface area contributed by atoms with Gasteiger partial charge in [0.2, 0.25) is 0 Å². The Hall–Kier alpha value is -1.11. The molecule has 1 aliphatic rings. The fourth-order valence-corrected chi connectivity index (χ4v) is 3.32. The number of morpholine rings is 1. The second-order valence-corrected chi connectivity index (χ2v) is 6.91. The van der Waals surface area contributed by atoms with Crippen LogP contribution >= 0.6 is 27.3 Å². The molecule has 0 spiro atoms. The summed E-state index contributed by atoms with van der Waals surface area (Å²) in [7, 11) is 0. The number of rotatable bonds is 4. The summed E-state index contributed by atoms with van der Waals surface area (Å²) in [5.41, 5.74) is 2.32. The molecular formula is C14H16BrN3OS. The summed E-state index contributed by atoms with van der Waals surface area (Å²) in [5.74, 6) is 1.03. The standard InChI is InChI=1S/C14H16BrN3OS/c15-13-7-11(10-20-13)8-16-12-1-2-14(17-9-12)18-3-5-19-6-4-18/h1-2,7,9-10,16H,3-6,8H2. The van der Waals surface area contributed by atoms with E-state index in [1.165, 1.54) is 5.56 Å². The van der Waals surface area contributed by atoms with Crippen molar-refractivity contribution in [1.29, 1.82) is 0 Å². The van der Waals surface area contributed by atoms with Gasteiger partial charge >= 0.3 is 0 Å². The highest BCUT2D eigenvalue weighted by Gasteiger charge is 2.11. The van der Waals surface area contributed by atoms with Gasteiger partial charge in [-0.25, -0.2) is 4.98 Å². The molecular weight excluding hydrogens is 338 g/mol. The van der Waals surface area contributed by atoms with Gasteiger partial charge in [-0.2, -0.15) is 0 Å². The van der Waals surface area contributed by atoms with E-state index >= 15 is 0 Å². The lowest BCUT2D eigenvalue weighted by molar-refractivity contribution is 0.122. The second-order valence-electron chi connectivity index (χ2n) is 4.62. The number of anilines is 2. The van der Waals surface area contributed by atoms with E-state index in [0.717, 1.165) is 48.1 Å². The maximum atomic E-state index is 5.35. The van der Waals surface area contributed by atoms with Gasteiger partial charge in [0.15, 0.2) is 0 Å². The Morgan fingerprint density at radius 3 is 2.85 bits per heavy atom. The second kappa shape index (κ2) is 6.56. The molecule has 4 nitrogen and oxygen atoms in total. The maximum Gasteiger partial charge on any atom is 0.128 e. The predicted molar refractivity (Wildman–Crippen MR) is 86.6 cm³/mol. The lowest BCUT2D eigenvalue weighted by Crippen LogP contribution is -2.36. The number of hydrogen-bond donors (Lipinski definition) is 1. The van der Waals surface area contributed by atoms with Gasteiger partial charge in [0.1, 0.15) is 5.82 Å². The van der Waals surface area contributed by atoms with E-state index in [1.807, 2.05) is 6.20 Å². The number of aromatic nitrogens is 1. The zero-order valence-corrected chi connectivity index (χ0v) is 13.4. The monoisotopic (exact) mass is 353 g/mol. The van der Waals surface area contributed by atoms with Gasteiger partial charge in [-0.15, -0.1) is 11.3 Å². The highest BCUT2D eigenvalue weighted by atomic mass is 79.9. The van der Waals surface area contributed by atoms with Gasteiger partial charge in [-0.05, 0) is 45.1 Å². The number of thiophene rings is 1. The quantitative estimate of drug-likeness (QED) is 0.914. The molecule has 0 aromatic carbocycles. The van der Waals surface area contributed by atoms with E-state index in [0.29, 0.717) is 0 Å². The number of nitrogens with zero attached hydrogens (tertiary/aromatic N) is 2. The topological polar surface area (TPSA) is 37.4 Å². The summed E-state index contributed by atoms with van der Waals surface area (Å²) in [6.07, 6.45) is 1.90. The highest BCUT2D eigenvalue weighted by molar-refractivity contribution is 9.11. The fraction of sp³-hybridized carbons (Fsp3) is 0.357. The van der Waals surface area contributed by atoms with Gasteiger partial charge < -0.3 is 15.0 Å². The Kier molecular flexibility index (Phi) is 4.54. The average molecular weight is 354 g/mol. The molecule has 0 bridgehead atoms. The van der Waals surface area contributed by atoms with E-state index in [9.17, 15) is 0 Å². The molecule has 0 aliphatic carbocycles. The number of halogens is 1. The molecule has 6 heteroatoms. The average Bonchev–Trinajstić information content (AvgIpc) is 2.92. The van der Waals surface area contributed by atoms with E-state index in [-0.39, 0.29) is 0 Å². The smallest absolute Gasteiger partial charge is 0.128 e. The predicted octanol–water partition coefficient (Wildman–Crippen LogP) is 3.35. The Morgan fingerprint density at radius 1 is 1.35 bits per heavy atom. The molecule has 0 unspecified atom stereocenters. The van der Waals surface area contributed by atoms with Gasteiger partial charge in [0.05, 0.1) is 28.9 Å². The third-order valence-electron chi connectivity index (χ3n) is 3.20. The SMILES string of the molecule is Brc1cc(CNc2ccc(N3CCOCC3)nc2)cs1. The van der Waals surface area contributed by atoms with Crippen LogP contribution in [0.25, 0.3) is 0 Å². The van der Waals surface area contributed by atoms with Crippen LogP contribution in [0.4, 0.5) is 11.5 Å². The molecule has 106 valence electrons. The van der Waals surface area contributed by atoms with Crippen molar-refractivity contribution in [2.45, 2.75) is 6.54 Å². The molecule has 3 rings (SSSR count). The van der Waals surface area contributed by atoms with Crippen molar-refractivity contribution < 1.29 is 4.74 Å². The molecule has 2 aromatic rings. The normalized spacial score (nSPS) is 15.3. The van der Waals surface area contributed by atoms with E-state index in [1.54, 1.807) is 11.3 Å². The molecule has 0 atom stereocenters. The minimum absolute atomic E-state index is 0.786. The zero-order valence-electron chi connectivity index (χ0n) is 11.0. The molecule has 0 amide bonds. The highest BCUT2D eigenvalue weighted by Crippen LogP contribution is 2.22. The summed E-state index contributed by atoms with van der Waals surface area (Å²) in [6.45, 7) is 4.23. The van der Waals surface area contributed by atoms with E-state index < -0.39 is 0 Å². The molecule has 0 radical (unpaired) electrons. The van der Waals surface area contributed by atoms with Crippen molar-refractivity contribution in [2.75, 3.05) is 36.5 Å². The first-order chi connectivity index (χ1) is 9.81. The number of ether oxygens (including phenoxy) is 1. The molecule has 1 saturated heterocycles. The third-order valence-corrected chi connectivity index (χ3v) is 4.75. The lowest BCUT2D eigenvalue weighted by atomic mass is 10.3. The van der Waals surface area contributed by atoms with Crippen LogP contribution < -0.4 is 10.2 Å². The van der Waals surface area contributed by atoms with E-state index in [2.05, 4.69) is 54.7 Å². The zero-order chi connectivity index (χ0) is 13.8. The fourth-order valence-electron chi connectivity index (χ4n) is 2.11. The van der Waals surface area contributed by atoms with Gasteiger partial charge in [-0.1, -0.05) is 0 Å². The molecule has 2 aromatic heterocycles. The first-order valence-electron chi connectivity index (χ1n) is 6.57. The lowest BCUT2D eigenvalue weighted by Gasteiger charge is -2.27. The number of hydrogen-bond acceptors (Lipinski definition) is 5. The molecule has 1 fully saturated rings. The van der Waals surface area contributed by atoms with Crippen LogP contribution in [0.3, 0.4) is 0 Å². The van der Waals surface area contributed by atoms with Gasteiger partial charge in [0.25, 0.3) is 0 Å². The summed E-state index contributed by atoms with van der Waals surface area (Å²) < 4.78 is 6.51. The van der Waals surface area contributed by atoms with Crippen molar-refractivity contribution in [3.05, 3.63) is 39.1 Å². The van der Waals surface area contributed by atoms with Crippen molar-refractivity contribution in [2.24, 2.45) is 0 Å². The van der Waals surface area contributed by atoms with Crippen LogP contribution in [0.1, 0.15) is 5.56 Å². The van der Waals surface area contributed by atoms with Crippen molar-refractivity contribution >= 4 is 38.8 Å². The van der Waals surface area contributed by atoms with Gasteiger partial charge in [-0.3, -0.25) is 0 Å². The third kappa shape index (κ3) is 3.50. The Morgan fingerprint density at radius 2 is 2.20 bits per heavy atom. The molecule has 0 saturated carbocycles. The van der Waals surface area contributed by atoms with Crippen molar-refractivity contribution in [3.8, 4) is 0 Å². The van der Waals surface area contributed by atoms with Crippen LogP contribution in [0.5, 0.6) is 0 Å². The molecule has 1 N–H and O–H groups in total. The molecule has 1 aliphatic heterocycles. The Balaban J connectivity index is 1.58. The summed E-state index contributed by atoms with van der Waals surface area (Å²) in [5, 5.41) is 5.53. The summed E-state index contributed by atoms with van der Waals surface area (Å²) in [4.78, 5) is 6.77.